The van der Waals surface area contributed by atoms with Gasteiger partial charge >= 0.3 is 0 Å². The molecule has 0 spiro atoms. The molecular formula is C11H17ClNO3+. The number of pyridine rings is 1. The van der Waals surface area contributed by atoms with Gasteiger partial charge in [-0.25, -0.2) is 0 Å². The Balaban J connectivity index is 2.66. The van der Waals surface area contributed by atoms with E-state index in [0.29, 0.717) is 18.9 Å². The fourth-order valence-electron chi connectivity index (χ4n) is 1.37. The maximum atomic E-state index is 9.48. The first-order valence-electron chi connectivity index (χ1n) is 5.11. The minimum atomic E-state index is 0.248. The zero-order chi connectivity index (χ0) is 12.0. The van der Waals surface area contributed by atoms with Crippen LogP contribution in [-0.2, 0) is 10.6 Å². The van der Waals surface area contributed by atoms with Crippen LogP contribution >= 0.6 is 11.6 Å². The van der Waals surface area contributed by atoms with Gasteiger partial charge in [-0.15, -0.1) is 11.6 Å². The van der Waals surface area contributed by atoms with Gasteiger partial charge in [0.2, 0.25) is 6.20 Å². The first kappa shape index (κ1) is 13.1. The highest BCUT2D eigenvalue weighted by Crippen LogP contribution is 2.19. The predicted molar refractivity (Wildman–Crippen MR) is 60.1 cm³/mol. The van der Waals surface area contributed by atoms with Crippen molar-refractivity contribution in [2.24, 2.45) is 0 Å². The van der Waals surface area contributed by atoms with Crippen molar-refractivity contribution >= 4 is 11.6 Å². The molecule has 1 aromatic rings. The minimum Gasteiger partial charge on any atom is -0.493 e. The highest BCUT2D eigenvalue weighted by atomic mass is 35.5. The van der Waals surface area contributed by atoms with E-state index in [9.17, 15) is 5.21 Å². The summed E-state index contributed by atoms with van der Waals surface area (Å²) in [6.07, 6.45) is 2.36. The third kappa shape index (κ3) is 3.25. The van der Waals surface area contributed by atoms with Crippen LogP contribution in [0.3, 0.4) is 0 Å². The lowest BCUT2D eigenvalue weighted by Crippen LogP contribution is -2.35. The molecule has 1 N–H and O–H groups in total. The molecule has 90 valence electrons. The van der Waals surface area contributed by atoms with Gasteiger partial charge in [0.15, 0.2) is 0 Å². The second-order valence-corrected chi connectivity index (χ2v) is 3.69. The number of methoxy groups -OCH3 is 1. The van der Waals surface area contributed by atoms with Crippen molar-refractivity contribution < 1.29 is 19.4 Å². The normalized spacial score (nSPS) is 10.4. The van der Waals surface area contributed by atoms with Gasteiger partial charge in [0.25, 0.3) is 5.69 Å². The molecule has 4 nitrogen and oxygen atoms in total. The third-order valence-corrected chi connectivity index (χ3v) is 2.58. The summed E-state index contributed by atoms with van der Waals surface area (Å²) in [6.45, 7) is 3.14. The van der Waals surface area contributed by atoms with E-state index in [1.807, 2.05) is 6.92 Å². The molecule has 0 aromatic carbocycles. The molecule has 5 heteroatoms. The second kappa shape index (κ2) is 6.55. The number of nitrogens with zero attached hydrogens (tertiary/aromatic N) is 1. The third-order valence-electron chi connectivity index (χ3n) is 2.32. The Hall–Kier alpha value is -1.00. The van der Waals surface area contributed by atoms with Gasteiger partial charge in [-0.3, -0.25) is 5.21 Å². The summed E-state index contributed by atoms with van der Waals surface area (Å²) in [7, 11) is 1.66. The van der Waals surface area contributed by atoms with Gasteiger partial charge in [0, 0.05) is 30.9 Å². The lowest BCUT2D eigenvalue weighted by molar-refractivity contribution is -0.909. The van der Waals surface area contributed by atoms with Crippen molar-refractivity contribution in [2.45, 2.75) is 19.2 Å². The summed E-state index contributed by atoms with van der Waals surface area (Å²) in [6, 6.07) is 1.72. The first-order chi connectivity index (χ1) is 7.70. The monoisotopic (exact) mass is 246 g/mol. The fraction of sp³-hybridized carbons (Fsp3) is 0.545. The van der Waals surface area contributed by atoms with Crippen molar-refractivity contribution in [3.63, 3.8) is 0 Å². The minimum absolute atomic E-state index is 0.248. The molecule has 0 aliphatic carbocycles. The number of alkyl halides is 1. The van der Waals surface area contributed by atoms with Crippen molar-refractivity contribution in [1.29, 1.82) is 0 Å². The van der Waals surface area contributed by atoms with E-state index >= 15 is 0 Å². The Morgan fingerprint density at radius 2 is 2.19 bits per heavy atom. The average Bonchev–Trinajstić information content (AvgIpc) is 2.28. The molecule has 0 saturated carbocycles. The molecule has 1 rings (SSSR count). The van der Waals surface area contributed by atoms with E-state index in [0.717, 1.165) is 22.5 Å². The van der Waals surface area contributed by atoms with E-state index in [1.165, 1.54) is 6.20 Å². The molecule has 0 atom stereocenters. The standard InChI is InChI=1S/C11H17ClNO3/c1-9-10(8-12)13(14)5-4-11(9)16-7-3-6-15-2/h4-5,14H,3,6-8H2,1-2H3/q+1. The Labute approximate surface area is 100 Å². The van der Waals surface area contributed by atoms with Gasteiger partial charge in [-0.05, 0) is 6.92 Å². The Bertz CT molecular complexity index is 344. The lowest BCUT2D eigenvalue weighted by Gasteiger charge is -2.08. The van der Waals surface area contributed by atoms with Crippen LogP contribution in [0.4, 0.5) is 0 Å². The molecule has 0 aliphatic rings. The van der Waals surface area contributed by atoms with Crippen molar-refractivity contribution in [1.82, 2.24) is 0 Å². The number of aromatic nitrogens is 1. The van der Waals surface area contributed by atoms with E-state index in [4.69, 9.17) is 21.1 Å². The highest BCUT2D eigenvalue weighted by Gasteiger charge is 2.16. The van der Waals surface area contributed by atoms with Crippen LogP contribution < -0.4 is 9.47 Å². The second-order valence-electron chi connectivity index (χ2n) is 3.42. The van der Waals surface area contributed by atoms with E-state index in [1.54, 1.807) is 13.2 Å². The number of rotatable bonds is 6. The average molecular weight is 247 g/mol. The quantitative estimate of drug-likeness (QED) is 0.359. The number of hydrogen-bond acceptors (Lipinski definition) is 3. The molecule has 1 heterocycles. The van der Waals surface area contributed by atoms with Gasteiger partial charge in [0.1, 0.15) is 11.6 Å². The van der Waals surface area contributed by atoms with Crippen LogP contribution in [0.25, 0.3) is 0 Å². The van der Waals surface area contributed by atoms with E-state index in [-0.39, 0.29) is 5.88 Å². The zero-order valence-electron chi connectivity index (χ0n) is 9.57. The summed E-state index contributed by atoms with van der Waals surface area (Å²) < 4.78 is 11.5. The van der Waals surface area contributed by atoms with Crippen LogP contribution in [0.1, 0.15) is 17.7 Å². The summed E-state index contributed by atoms with van der Waals surface area (Å²) >= 11 is 5.74. The van der Waals surface area contributed by atoms with Crippen LogP contribution in [0, 0.1) is 6.92 Å². The topological polar surface area (TPSA) is 42.6 Å². The van der Waals surface area contributed by atoms with Crippen molar-refractivity contribution in [3.8, 4) is 5.75 Å². The lowest BCUT2D eigenvalue weighted by atomic mass is 10.2. The smallest absolute Gasteiger partial charge is 0.255 e. The van der Waals surface area contributed by atoms with Crippen molar-refractivity contribution in [2.75, 3.05) is 20.3 Å². The van der Waals surface area contributed by atoms with E-state index < -0.39 is 0 Å². The summed E-state index contributed by atoms with van der Waals surface area (Å²) in [5.74, 6) is 0.995. The predicted octanol–water partition coefficient (Wildman–Crippen LogP) is 1.67. The number of halogens is 1. The van der Waals surface area contributed by atoms with Crippen LogP contribution in [0.2, 0.25) is 0 Å². The van der Waals surface area contributed by atoms with Crippen LogP contribution in [0.5, 0.6) is 5.75 Å². The maximum Gasteiger partial charge on any atom is 0.255 e. The molecule has 0 bridgehead atoms. The molecule has 1 aromatic heterocycles. The molecule has 0 amide bonds. The largest absolute Gasteiger partial charge is 0.493 e. The Kier molecular flexibility index (Phi) is 5.35. The summed E-state index contributed by atoms with van der Waals surface area (Å²) in [5, 5.41) is 9.48. The molecular weight excluding hydrogens is 230 g/mol. The molecule has 0 saturated heterocycles. The molecule has 16 heavy (non-hydrogen) atoms. The number of hydrogen-bond donors (Lipinski definition) is 1. The fourth-order valence-corrected chi connectivity index (χ4v) is 1.69. The van der Waals surface area contributed by atoms with Gasteiger partial charge in [0.05, 0.1) is 12.2 Å². The van der Waals surface area contributed by atoms with Crippen LogP contribution in [0.15, 0.2) is 12.3 Å². The highest BCUT2D eigenvalue weighted by molar-refractivity contribution is 6.16. The molecule has 0 radical (unpaired) electrons. The Morgan fingerprint density at radius 1 is 1.44 bits per heavy atom. The van der Waals surface area contributed by atoms with E-state index in [2.05, 4.69) is 0 Å². The van der Waals surface area contributed by atoms with Gasteiger partial charge in [-0.1, -0.05) is 0 Å². The zero-order valence-corrected chi connectivity index (χ0v) is 10.3. The first-order valence-corrected chi connectivity index (χ1v) is 5.65. The Morgan fingerprint density at radius 3 is 2.81 bits per heavy atom. The molecule has 0 unspecified atom stereocenters. The summed E-state index contributed by atoms with van der Waals surface area (Å²) in [4.78, 5) is 0. The summed E-state index contributed by atoms with van der Waals surface area (Å²) in [5.41, 5.74) is 1.50. The molecule has 0 fully saturated rings. The number of ether oxygens (including phenoxy) is 2. The SMILES string of the molecule is COCCCOc1cc[n+](O)c(CCl)c1C. The van der Waals surface area contributed by atoms with Crippen LogP contribution in [-0.4, -0.2) is 25.5 Å². The van der Waals surface area contributed by atoms with Gasteiger partial charge < -0.3 is 9.47 Å². The van der Waals surface area contributed by atoms with Crippen molar-refractivity contribution in [3.05, 3.63) is 23.5 Å². The van der Waals surface area contributed by atoms with Gasteiger partial charge in [-0.2, -0.15) is 0 Å². The maximum absolute atomic E-state index is 9.48. The molecule has 0 aliphatic heterocycles.